The van der Waals surface area contributed by atoms with Crippen LogP contribution in [0.25, 0.3) is 0 Å². The summed E-state index contributed by atoms with van der Waals surface area (Å²) < 4.78 is 67.6. The second-order valence-electron chi connectivity index (χ2n) is 11.8. The molecule has 1 amide bonds. The van der Waals surface area contributed by atoms with Gasteiger partial charge >= 0.3 is 6.09 Å². The van der Waals surface area contributed by atoms with Gasteiger partial charge in [-0.2, -0.15) is 0 Å². The second-order valence-corrected chi connectivity index (χ2v) is 15.4. The number of hydrogen-bond acceptors (Lipinski definition) is 8. The van der Waals surface area contributed by atoms with E-state index in [0.29, 0.717) is 57.8 Å². The minimum atomic E-state index is -3.98. The van der Waals surface area contributed by atoms with E-state index in [0.717, 1.165) is 5.69 Å². The summed E-state index contributed by atoms with van der Waals surface area (Å²) in [5.74, 6) is -0.122. The van der Waals surface area contributed by atoms with Crippen molar-refractivity contribution in [2.45, 2.75) is 79.7 Å². The number of ether oxygens (including phenoxy) is 2. The average molecular weight is 608 g/mol. The largest absolute Gasteiger partial charge is 0.444 e. The molecule has 0 atom stereocenters. The van der Waals surface area contributed by atoms with Crippen molar-refractivity contribution in [3.05, 3.63) is 48.0 Å². The van der Waals surface area contributed by atoms with Gasteiger partial charge in [0.1, 0.15) is 5.60 Å². The van der Waals surface area contributed by atoms with Crippen molar-refractivity contribution in [3.63, 3.8) is 0 Å². The molecule has 2 heterocycles. The number of nitrogens with zero attached hydrogens (tertiary/aromatic N) is 2. The zero-order valence-electron chi connectivity index (χ0n) is 24.4. The van der Waals surface area contributed by atoms with Crippen molar-refractivity contribution in [2.24, 2.45) is 0 Å². The first-order valence-corrected chi connectivity index (χ1v) is 17.0. The van der Waals surface area contributed by atoms with E-state index in [2.05, 4.69) is 9.62 Å². The number of amides is 1. The minimum Gasteiger partial charge on any atom is -0.444 e. The number of nitrogens with one attached hydrogen (secondary N) is 1. The Morgan fingerprint density at radius 3 is 2.07 bits per heavy atom. The summed E-state index contributed by atoms with van der Waals surface area (Å²) in [6, 6.07) is 10.6. The van der Waals surface area contributed by atoms with Crippen LogP contribution in [0.15, 0.2) is 57.2 Å². The maximum atomic E-state index is 13.6. The summed E-state index contributed by atoms with van der Waals surface area (Å²) in [5.41, 5.74) is 0.841. The molecule has 2 aliphatic rings. The lowest BCUT2D eigenvalue weighted by atomic mass is 10.0. The lowest BCUT2D eigenvalue weighted by Gasteiger charge is -2.36. The van der Waals surface area contributed by atoms with E-state index in [9.17, 15) is 21.6 Å². The topological polar surface area (TPSA) is 122 Å². The molecule has 2 aliphatic heterocycles. The fourth-order valence-corrected chi connectivity index (χ4v) is 7.99. The van der Waals surface area contributed by atoms with Gasteiger partial charge in [-0.3, -0.25) is 0 Å². The SMILES string of the molecule is CC(C)c1ccc(S(=O)(=O)c2ccc(N3CCN(C(=O)OC(C)(C)C)CC3)cc2)cc1S(=O)(=O)NC1CCOCC1. The molecule has 2 fully saturated rings. The summed E-state index contributed by atoms with van der Waals surface area (Å²) in [6.45, 7) is 12.4. The van der Waals surface area contributed by atoms with Crippen LogP contribution >= 0.6 is 0 Å². The van der Waals surface area contributed by atoms with Gasteiger partial charge in [-0.1, -0.05) is 19.9 Å². The second kappa shape index (κ2) is 12.3. The number of rotatable bonds is 7. The van der Waals surface area contributed by atoms with E-state index in [-0.39, 0.29) is 32.7 Å². The number of anilines is 1. The maximum Gasteiger partial charge on any atom is 0.410 e. The Kier molecular flexibility index (Phi) is 9.37. The summed E-state index contributed by atoms with van der Waals surface area (Å²) in [6.07, 6.45) is 0.791. The third kappa shape index (κ3) is 7.59. The first-order chi connectivity index (χ1) is 19.2. The van der Waals surface area contributed by atoms with E-state index in [4.69, 9.17) is 9.47 Å². The average Bonchev–Trinajstić information content (AvgIpc) is 2.92. The highest BCUT2D eigenvalue weighted by molar-refractivity contribution is 7.91. The smallest absolute Gasteiger partial charge is 0.410 e. The van der Waals surface area contributed by atoms with Gasteiger partial charge in [0.15, 0.2) is 0 Å². The summed E-state index contributed by atoms with van der Waals surface area (Å²) in [4.78, 5) is 16.1. The number of sulfonamides is 1. The fourth-order valence-electron chi connectivity index (χ4n) is 4.94. The Balaban J connectivity index is 1.52. The molecule has 0 radical (unpaired) electrons. The first-order valence-electron chi connectivity index (χ1n) is 14.0. The molecule has 0 bridgehead atoms. The molecule has 0 spiro atoms. The van der Waals surface area contributed by atoms with Crippen LogP contribution in [0.4, 0.5) is 10.5 Å². The molecule has 2 saturated heterocycles. The molecule has 2 aromatic rings. The molecule has 1 N–H and O–H groups in total. The van der Waals surface area contributed by atoms with Gasteiger partial charge in [-0.15, -0.1) is 0 Å². The highest BCUT2D eigenvalue weighted by Gasteiger charge is 2.29. The monoisotopic (exact) mass is 607 g/mol. The molecule has 2 aromatic carbocycles. The predicted octanol–water partition coefficient (Wildman–Crippen LogP) is 4.16. The number of piperazine rings is 1. The van der Waals surface area contributed by atoms with E-state index < -0.39 is 25.5 Å². The zero-order valence-corrected chi connectivity index (χ0v) is 26.1. The molecule has 226 valence electrons. The van der Waals surface area contributed by atoms with Gasteiger partial charge in [0.2, 0.25) is 19.9 Å². The van der Waals surface area contributed by atoms with Gasteiger partial charge in [0, 0.05) is 51.1 Å². The van der Waals surface area contributed by atoms with E-state index in [1.165, 1.54) is 24.3 Å². The number of sulfone groups is 1. The van der Waals surface area contributed by atoms with Crippen LogP contribution in [0.3, 0.4) is 0 Å². The summed E-state index contributed by atoms with van der Waals surface area (Å²) in [7, 11) is -7.94. The maximum absolute atomic E-state index is 13.6. The van der Waals surface area contributed by atoms with Gasteiger partial charge in [0.25, 0.3) is 0 Å². The van der Waals surface area contributed by atoms with Crippen LogP contribution in [-0.4, -0.2) is 78.9 Å². The predicted molar refractivity (Wildman–Crippen MR) is 157 cm³/mol. The Morgan fingerprint density at radius 2 is 1.51 bits per heavy atom. The highest BCUT2D eigenvalue weighted by atomic mass is 32.2. The van der Waals surface area contributed by atoms with Crippen LogP contribution in [0, 0.1) is 0 Å². The normalized spacial score (nSPS) is 17.6. The lowest BCUT2D eigenvalue weighted by Crippen LogP contribution is -2.50. The number of carbonyl (C=O) groups excluding carboxylic acids is 1. The molecule has 0 aromatic heterocycles. The first kappa shape index (κ1) is 31.3. The highest BCUT2D eigenvalue weighted by Crippen LogP contribution is 2.31. The Bertz CT molecular complexity index is 1440. The van der Waals surface area contributed by atoms with Gasteiger partial charge in [-0.25, -0.2) is 26.4 Å². The molecule has 10 nitrogen and oxygen atoms in total. The van der Waals surface area contributed by atoms with Crippen molar-refractivity contribution < 1.29 is 31.1 Å². The van der Waals surface area contributed by atoms with Crippen LogP contribution in [0.2, 0.25) is 0 Å². The van der Waals surface area contributed by atoms with Crippen LogP contribution in [-0.2, 0) is 29.3 Å². The molecule has 0 aliphatic carbocycles. The van der Waals surface area contributed by atoms with E-state index in [1.807, 2.05) is 34.6 Å². The fraction of sp³-hybridized carbons (Fsp3) is 0.552. The third-order valence-electron chi connectivity index (χ3n) is 7.19. The zero-order chi connectivity index (χ0) is 30.0. The molecule has 12 heteroatoms. The Hall–Kier alpha value is -2.67. The van der Waals surface area contributed by atoms with Crippen molar-refractivity contribution >= 4 is 31.6 Å². The van der Waals surface area contributed by atoms with Crippen LogP contribution in [0.1, 0.15) is 58.9 Å². The molecule has 4 rings (SSSR count). The number of benzene rings is 2. The third-order valence-corrected chi connectivity index (χ3v) is 10.5. The summed E-state index contributed by atoms with van der Waals surface area (Å²) in [5, 5.41) is 0. The van der Waals surface area contributed by atoms with Crippen molar-refractivity contribution in [2.75, 3.05) is 44.3 Å². The molecular weight excluding hydrogens is 566 g/mol. The molecular formula is C29H41N3O7S2. The van der Waals surface area contributed by atoms with Gasteiger partial charge in [0.05, 0.1) is 14.7 Å². The van der Waals surface area contributed by atoms with Crippen molar-refractivity contribution in [1.82, 2.24) is 9.62 Å². The molecule has 0 saturated carbocycles. The van der Waals surface area contributed by atoms with E-state index >= 15 is 0 Å². The number of hydrogen-bond donors (Lipinski definition) is 1. The van der Waals surface area contributed by atoms with Crippen LogP contribution in [0.5, 0.6) is 0 Å². The molecule has 41 heavy (non-hydrogen) atoms. The quantitative estimate of drug-likeness (QED) is 0.498. The standard InChI is InChI=1S/C29H41N3O7S2/c1-21(2)26-11-10-25(20-27(26)41(36,37)30-22-12-18-38-19-13-22)40(34,35)24-8-6-23(7-9-24)31-14-16-32(17-15-31)28(33)39-29(3,4)5/h6-11,20-22,30H,12-19H2,1-5H3. The lowest BCUT2D eigenvalue weighted by molar-refractivity contribution is 0.0240. The van der Waals surface area contributed by atoms with E-state index in [1.54, 1.807) is 23.1 Å². The van der Waals surface area contributed by atoms with Gasteiger partial charge < -0.3 is 19.3 Å². The van der Waals surface area contributed by atoms with Gasteiger partial charge in [-0.05, 0) is 81.5 Å². The minimum absolute atomic E-state index is 0.0143. The molecule has 0 unspecified atom stereocenters. The van der Waals surface area contributed by atoms with Crippen molar-refractivity contribution in [1.29, 1.82) is 0 Å². The summed E-state index contributed by atoms with van der Waals surface area (Å²) >= 11 is 0. The van der Waals surface area contributed by atoms with Crippen LogP contribution < -0.4 is 9.62 Å². The Morgan fingerprint density at radius 1 is 0.927 bits per heavy atom. The van der Waals surface area contributed by atoms with Crippen molar-refractivity contribution in [3.8, 4) is 0 Å². The Labute approximate surface area is 244 Å². The number of carbonyl (C=O) groups is 1.